The summed E-state index contributed by atoms with van der Waals surface area (Å²) in [7, 11) is 0. The van der Waals surface area contributed by atoms with E-state index < -0.39 is 0 Å². The van der Waals surface area contributed by atoms with E-state index >= 15 is 0 Å². The van der Waals surface area contributed by atoms with Gasteiger partial charge in [0.1, 0.15) is 11.6 Å². The lowest BCUT2D eigenvalue weighted by atomic mass is 10.0. The van der Waals surface area contributed by atoms with E-state index in [1.807, 2.05) is 6.07 Å². The fourth-order valence-corrected chi connectivity index (χ4v) is 2.87. The molecule has 0 fully saturated rings. The lowest BCUT2D eigenvalue weighted by Crippen LogP contribution is -2.26. The smallest absolute Gasteiger partial charge is 0.124 e. The predicted octanol–water partition coefficient (Wildman–Crippen LogP) is 3.78. The predicted molar refractivity (Wildman–Crippen MR) is 78.8 cm³/mol. The first kappa shape index (κ1) is 13.8. The molecule has 0 radical (unpaired) electrons. The van der Waals surface area contributed by atoms with E-state index in [1.54, 1.807) is 6.07 Å². The number of rotatable bonds is 4. The zero-order valence-electron chi connectivity index (χ0n) is 10.4. The molecule has 2 rings (SSSR count). The average molecular weight is 361 g/mol. The standard InChI is InChI=1S/C14H17FINO/c1-2-17-14(13-5-3-4-8-18-13)11-7-6-10(15)9-12(11)16/h5-7,9,14,17H,2-4,8H2,1H3. The molecule has 1 aromatic rings. The first-order chi connectivity index (χ1) is 8.72. The van der Waals surface area contributed by atoms with Gasteiger partial charge in [-0.3, -0.25) is 0 Å². The second-order valence-corrected chi connectivity index (χ2v) is 5.42. The normalized spacial score (nSPS) is 16.9. The van der Waals surface area contributed by atoms with E-state index in [0.29, 0.717) is 0 Å². The summed E-state index contributed by atoms with van der Waals surface area (Å²) in [5, 5.41) is 3.41. The van der Waals surface area contributed by atoms with Crippen LogP contribution in [0.3, 0.4) is 0 Å². The molecule has 0 bridgehead atoms. The van der Waals surface area contributed by atoms with Crippen molar-refractivity contribution in [2.45, 2.75) is 25.8 Å². The van der Waals surface area contributed by atoms with Gasteiger partial charge >= 0.3 is 0 Å². The number of allylic oxidation sites excluding steroid dienone is 1. The summed E-state index contributed by atoms with van der Waals surface area (Å²) in [6.07, 6.45) is 4.26. The molecule has 0 aliphatic carbocycles. The molecule has 0 amide bonds. The SMILES string of the molecule is CCNC(C1=CCCCO1)c1ccc(F)cc1I. The van der Waals surface area contributed by atoms with Gasteiger partial charge in [-0.05, 0) is 65.7 Å². The number of ether oxygens (including phenoxy) is 1. The van der Waals surface area contributed by atoms with Gasteiger partial charge in [0, 0.05) is 3.57 Å². The Labute approximate surface area is 121 Å². The Morgan fingerprint density at radius 2 is 2.33 bits per heavy atom. The summed E-state index contributed by atoms with van der Waals surface area (Å²) >= 11 is 2.17. The Morgan fingerprint density at radius 3 is 2.94 bits per heavy atom. The van der Waals surface area contributed by atoms with E-state index in [9.17, 15) is 4.39 Å². The number of nitrogens with one attached hydrogen (secondary N) is 1. The van der Waals surface area contributed by atoms with Crippen LogP contribution in [0.1, 0.15) is 31.4 Å². The summed E-state index contributed by atoms with van der Waals surface area (Å²) in [5.41, 5.74) is 1.08. The molecule has 1 aliphatic heterocycles. The molecular weight excluding hydrogens is 344 g/mol. The highest BCUT2D eigenvalue weighted by Gasteiger charge is 2.21. The van der Waals surface area contributed by atoms with Crippen LogP contribution in [0.25, 0.3) is 0 Å². The number of halogens is 2. The van der Waals surface area contributed by atoms with Crippen LogP contribution in [0.2, 0.25) is 0 Å². The summed E-state index contributed by atoms with van der Waals surface area (Å²) in [5.74, 6) is 0.768. The maximum atomic E-state index is 13.2. The molecule has 1 atom stereocenters. The number of hydrogen-bond donors (Lipinski definition) is 1. The fourth-order valence-electron chi connectivity index (χ4n) is 2.08. The van der Waals surface area contributed by atoms with Crippen molar-refractivity contribution in [3.63, 3.8) is 0 Å². The van der Waals surface area contributed by atoms with Gasteiger partial charge in [-0.2, -0.15) is 0 Å². The van der Waals surface area contributed by atoms with Crippen molar-refractivity contribution in [3.8, 4) is 0 Å². The summed E-state index contributed by atoms with van der Waals surface area (Å²) < 4.78 is 19.8. The third kappa shape index (κ3) is 3.23. The van der Waals surface area contributed by atoms with Crippen LogP contribution in [0, 0.1) is 9.39 Å². The molecule has 1 heterocycles. The minimum absolute atomic E-state index is 0.0304. The molecule has 2 nitrogen and oxygen atoms in total. The van der Waals surface area contributed by atoms with Gasteiger partial charge in [0.2, 0.25) is 0 Å². The maximum Gasteiger partial charge on any atom is 0.124 e. The first-order valence-corrected chi connectivity index (χ1v) is 7.31. The van der Waals surface area contributed by atoms with Gasteiger partial charge in [-0.25, -0.2) is 4.39 Å². The Hall–Kier alpha value is -0.620. The fraction of sp³-hybridized carbons (Fsp3) is 0.429. The van der Waals surface area contributed by atoms with Crippen LogP contribution < -0.4 is 5.32 Å². The first-order valence-electron chi connectivity index (χ1n) is 6.23. The molecule has 4 heteroatoms. The highest BCUT2D eigenvalue weighted by atomic mass is 127. The van der Waals surface area contributed by atoms with E-state index in [0.717, 1.165) is 40.9 Å². The third-order valence-corrected chi connectivity index (χ3v) is 3.86. The van der Waals surface area contributed by atoms with E-state index in [2.05, 4.69) is 40.9 Å². The summed E-state index contributed by atoms with van der Waals surface area (Å²) in [6.45, 7) is 3.68. The second-order valence-electron chi connectivity index (χ2n) is 4.25. The number of hydrogen-bond acceptors (Lipinski definition) is 2. The zero-order chi connectivity index (χ0) is 13.0. The Morgan fingerprint density at radius 1 is 1.50 bits per heavy atom. The quantitative estimate of drug-likeness (QED) is 0.825. The van der Waals surface area contributed by atoms with Crippen LogP contribution in [-0.4, -0.2) is 13.2 Å². The van der Waals surface area contributed by atoms with E-state index in [1.165, 1.54) is 6.07 Å². The number of benzene rings is 1. The van der Waals surface area contributed by atoms with Gasteiger partial charge in [0.05, 0.1) is 12.6 Å². The maximum absolute atomic E-state index is 13.2. The Kier molecular flexibility index (Phi) is 5.00. The van der Waals surface area contributed by atoms with E-state index in [-0.39, 0.29) is 11.9 Å². The monoisotopic (exact) mass is 361 g/mol. The van der Waals surface area contributed by atoms with Crippen molar-refractivity contribution in [2.24, 2.45) is 0 Å². The van der Waals surface area contributed by atoms with Crippen molar-refractivity contribution in [1.82, 2.24) is 5.32 Å². The molecular formula is C14H17FINO. The molecule has 0 aromatic heterocycles. The van der Waals surface area contributed by atoms with Crippen LogP contribution in [0.5, 0.6) is 0 Å². The second kappa shape index (κ2) is 6.52. The minimum atomic E-state index is -0.197. The Bertz CT molecular complexity index is 447. The van der Waals surface area contributed by atoms with Gasteiger partial charge in [0.25, 0.3) is 0 Å². The molecule has 0 saturated heterocycles. The van der Waals surface area contributed by atoms with Crippen molar-refractivity contribution in [3.05, 3.63) is 45.0 Å². The van der Waals surface area contributed by atoms with E-state index in [4.69, 9.17) is 4.74 Å². The molecule has 1 unspecified atom stereocenters. The highest BCUT2D eigenvalue weighted by molar-refractivity contribution is 14.1. The summed E-state index contributed by atoms with van der Waals surface area (Å²) in [4.78, 5) is 0. The molecule has 1 N–H and O–H groups in total. The molecule has 0 spiro atoms. The van der Waals surface area contributed by atoms with Crippen LogP contribution >= 0.6 is 22.6 Å². The average Bonchev–Trinajstić information content (AvgIpc) is 2.38. The minimum Gasteiger partial charge on any atom is -0.496 e. The Balaban J connectivity index is 2.31. The third-order valence-electron chi connectivity index (χ3n) is 2.93. The topological polar surface area (TPSA) is 21.3 Å². The van der Waals surface area contributed by atoms with Crippen LogP contribution in [0.15, 0.2) is 30.0 Å². The van der Waals surface area contributed by atoms with Crippen molar-refractivity contribution >= 4 is 22.6 Å². The van der Waals surface area contributed by atoms with Crippen molar-refractivity contribution in [2.75, 3.05) is 13.2 Å². The number of likely N-dealkylation sites (N-methyl/N-ethyl adjacent to an activating group) is 1. The molecule has 18 heavy (non-hydrogen) atoms. The molecule has 1 aliphatic rings. The zero-order valence-corrected chi connectivity index (χ0v) is 12.5. The van der Waals surface area contributed by atoms with Gasteiger partial charge < -0.3 is 10.1 Å². The van der Waals surface area contributed by atoms with Crippen LogP contribution in [0.4, 0.5) is 4.39 Å². The highest BCUT2D eigenvalue weighted by Crippen LogP contribution is 2.29. The lowest BCUT2D eigenvalue weighted by Gasteiger charge is -2.25. The van der Waals surface area contributed by atoms with Gasteiger partial charge in [-0.15, -0.1) is 0 Å². The van der Waals surface area contributed by atoms with Crippen molar-refractivity contribution in [1.29, 1.82) is 0 Å². The lowest BCUT2D eigenvalue weighted by molar-refractivity contribution is 0.168. The van der Waals surface area contributed by atoms with Crippen molar-refractivity contribution < 1.29 is 9.13 Å². The van der Waals surface area contributed by atoms with Crippen LogP contribution in [-0.2, 0) is 4.74 Å². The largest absolute Gasteiger partial charge is 0.496 e. The molecule has 0 saturated carbocycles. The molecule has 98 valence electrons. The summed E-state index contributed by atoms with van der Waals surface area (Å²) in [6, 6.07) is 4.93. The van der Waals surface area contributed by atoms with Gasteiger partial charge in [-0.1, -0.05) is 13.0 Å². The molecule has 1 aromatic carbocycles. The van der Waals surface area contributed by atoms with Gasteiger partial charge in [0.15, 0.2) is 0 Å².